The maximum atomic E-state index is 12.0. The molecule has 0 spiro atoms. The molecule has 0 amide bonds. The number of aromatic nitrogens is 2. The molecule has 2 rings (SSSR count). The number of ether oxygens (including phenoxy) is 1. The van der Waals surface area contributed by atoms with Gasteiger partial charge in [-0.15, -0.1) is 0 Å². The van der Waals surface area contributed by atoms with Crippen molar-refractivity contribution in [2.45, 2.75) is 33.3 Å². The Morgan fingerprint density at radius 2 is 1.90 bits per heavy atom. The first kappa shape index (κ1) is 15.3. The van der Waals surface area contributed by atoms with Gasteiger partial charge in [-0.2, -0.15) is 5.10 Å². The molecule has 0 saturated carbocycles. The SMILES string of the molecule is CCOc1ccc(-n2nc(C(C)(C)O)c(=O)cc2C)cc1. The monoisotopic (exact) mass is 288 g/mol. The summed E-state index contributed by atoms with van der Waals surface area (Å²) in [4.78, 5) is 12.0. The molecule has 0 fully saturated rings. The van der Waals surface area contributed by atoms with E-state index in [4.69, 9.17) is 4.74 Å². The van der Waals surface area contributed by atoms with Crippen molar-refractivity contribution in [1.29, 1.82) is 0 Å². The number of benzene rings is 1. The average Bonchev–Trinajstić information content (AvgIpc) is 2.39. The van der Waals surface area contributed by atoms with E-state index >= 15 is 0 Å². The lowest BCUT2D eigenvalue weighted by atomic mass is 10.0. The molecule has 0 aliphatic heterocycles. The largest absolute Gasteiger partial charge is 0.494 e. The van der Waals surface area contributed by atoms with E-state index in [0.717, 1.165) is 11.4 Å². The van der Waals surface area contributed by atoms with Crippen molar-refractivity contribution in [3.63, 3.8) is 0 Å². The third kappa shape index (κ3) is 3.31. The number of nitrogens with zero attached hydrogens (tertiary/aromatic N) is 2. The summed E-state index contributed by atoms with van der Waals surface area (Å²) >= 11 is 0. The highest BCUT2D eigenvalue weighted by atomic mass is 16.5. The molecular formula is C16H20N2O3. The fourth-order valence-electron chi connectivity index (χ4n) is 2.08. The Balaban J connectivity index is 2.51. The predicted molar refractivity (Wildman–Crippen MR) is 81.0 cm³/mol. The smallest absolute Gasteiger partial charge is 0.206 e. The molecule has 0 bridgehead atoms. The number of rotatable bonds is 4. The summed E-state index contributed by atoms with van der Waals surface area (Å²) in [6.45, 7) is 7.44. The maximum Gasteiger partial charge on any atom is 0.206 e. The topological polar surface area (TPSA) is 64.3 Å². The van der Waals surface area contributed by atoms with Crippen LogP contribution in [0.5, 0.6) is 5.75 Å². The lowest BCUT2D eigenvalue weighted by Gasteiger charge is -2.18. The van der Waals surface area contributed by atoms with Gasteiger partial charge in [-0.05, 0) is 52.0 Å². The molecule has 2 aromatic rings. The van der Waals surface area contributed by atoms with Gasteiger partial charge >= 0.3 is 0 Å². The van der Waals surface area contributed by atoms with Gasteiger partial charge in [0.05, 0.1) is 12.3 Å². The molecule has 5 nitrogen and oxygen atoms in total. The molecule has 1 aromatic carbocycles. The number of aliphatic hydroxyl groups is 1. The second-order valence-corrected chi connectivity index (χ2v) is 5.40. The first-order chi connectivity index (χ1) is 9.82. The van der Waals surface area contributed by atoms with Gasteiger partial charge in [0.2, 0.25) is 5.43 Å². The zero-order valence-corrected chi connectivity index (χ0v) is 12.8. The molecule has 1 N–H and O–H groups in total. The second kappa shape index (κ2) is 5.69. The van der Waals surface area contributed by atoms with E-state index < -0.39 is 5.60 Å². The van der Waals surface area contributed by atoms with E-state index in [-0.39, 0.29) is 11.1 Å². The molecule has 1 aromatic heterocycles. The van der Waals surface area contributed by atoms with Crippen LogP contribution in [0.3, 0.4) is 0 Å². The van der Waals surface area contributed by atoms with E-state index in [1.54, 1.807) is 25.5 Å². The molecular weight excluding hydrogens is 268 g/mol. The summed E-state index contributed by atoms with van der Waals surface area (Å²) in [6.07, 6.45) is 0. The molecule has 0 atom stereocenters. The van der Waals surface area contributed by atoms with Crippen LogP contribution in [0, 0.1) is 6.92 Å². The van der Waals surface area contributed by atoms with Crippen molar-refractivity contribution in [3.05, 3.63) is 51.9 Å². The van der Waals surface area contributed by atoms with Gasteiger partial charge in [0.25, 0.3) is 0 Å². The maximum absolute atomic E-state index is 12.0. The van der Waals surface area contributed by atoms with Crippen molar-refractivity contribution < 1.29 is 9.84 Å². The van der Waals surface area contributed by atoms with Crippen molar-refractivity contribution in [1.82, 2.24) is 9.78 Å². The van der Waals surface area contributed by atoms with Crippen molar-refractivity contribution in [3.8, 4) is 11.4 Å². The van der Waals surface area contributed by atoms with Gasteiger partial charge in [0.15, 0.2) is 0 Å². The van der Waals surface area contributed by atoms with Crippen LogP contribution in [-0.4, -0.2) is 21.5 Å². The van der Waals surface area contributed by atoms with E-state index in [1.807, 2.05) is 31.2 Å². The third-order valence-corrected chi connectivity index (χ3v) is 3.08. The Morgan fingerprint density at radius 1 is 1.29 bits per heavy atom. The number of hydrogen-bond donors (Lipinski definition) is 1. The summed E-state index contributed by atoms with van der Waals surface area (Å²) < 4.78 is 7.05. The van der Waals surface area contributed by atoms with Crippen LogP contribution < -0.4 is 10.2 Å². The fraction of sp³-hybridized carbons (Fsp3) is 0.375. The minimum absolute atomic E-state index is 0.127. The standard InChI is InChI=1S/C16H20N2O3/c1-5-21-13-8-6-12(7-9-13)18-11(2)10-14(19)15(17-18)16(3,4)20/h6-10,20H,5H2,1-4H3. The first-order valence-corrected chi connectivity index (χ1v) is 6.90. The molecule has 5 heteroatoms. The third-order valence-electron chi connectivity index (χ3n) is 3.08. The van der Waals surface area contributed by atoms with Crippen LogP contribution in [0.4, 0.5) is 0 Å². The Labute approximate surface area is 123 Å². The Bertz CT molecular complexity index is 682. The summed E-state index contributed by atoms with van der Waals surface area (Å²) in [5, 5.41) is 14.4. The molecule has 0 unspecified atom stereocenters. The summed E-state index contributed by atoms with van der Waals surface area (Å²) in [7, 11) is 0. The average molecular weight is 288 g/mol. The second-order valence-electron chi connectivity index (χ2n) is 5.40. The molecule has 112 valence electrons. The van der Waals surface area contributed by atoms with Crippen LogP contribution in [0.15, 0.2) is 35.1 Å². The lowest BCUT2D eigenvalue weighted by molar-refractivity contribution is 0.0709. The number of aryl methyl sites for hydroxylation is 1. The molecule has 21 heavy (non-hydrogen) atoms. The molecule has 1 heterocycles. The van der Waals surface area contributed by atoms with E-state index in [0.29, 0.717) is 12.3 Å². The normalized spacial score (nSPS) is 11.5. The van der Waals surface area contributed by atoms with Crippen molar-refractivity contribution in [2.75, 3.05) is 6.61 Å². The predicted octanol–water partition coefficient (Wildman–Crippen LogP) is 2.17. The van der Waals surface area contributed by atoms with Gasteiger partial charge in [0.1, 0.15) is 17.0 Å². The highest BCUT2D eigenvalue weighted by Crippen LogP contribution is 2.18. The molecule has 0 radical (unpaired) electrons. The van der Waals surface area contributed by atoms with Gasteiger partial charge in [-0.3, -0.25) is 4.79 Å². The minimum atomic E-state index is -1.28. The molecule has 0 aliphatic carbocycles. The summed E-state index contributed by atoms with van der Waals surface area (Å²) in [5.41, 5.74) is 0.0976. The molecule has 0 saturated heterocycles. The van der Waals surface area contributed by atoms with E-state index in [1.165, 1.54) is 6.07 Å². The van der Waals surface area contributed by atoms with Gasteiger partial charge < -0.3 is 9.84 Å². The highest BCUT2D eigenvalue weighted by Gasteiger charge is 2.23. The van der Waals surface area contributed by atoms with Crippen molar-refractivity contribution >= 4 is 0 Å². The Hall–Kier alpha value is -2.14. The molecule has 0 aliphatic rings. The van der Waals surface area contributed by atoms with Crippen LogP contribution in [0.25, 0.3) is 5.69 Å². The summed E-state index contributed by atoms with van der Waals surface area (Å²) in [6, 6.07) is 8.91. The fourth-order valence-corrected chi connectivity index (χ4v) is 2.08. The zero-order valence-electron chi connectivity index (χ0n) is 12.8. The zero-order chi connectivity index (χ0) is 15.6. The Morgan fingerprint density at radius 3 is 2.43 bits per heavy atom. The van der Waals surface area contributed by atoms with Crippen LogP contribution in [0.2, 0.25) is 0 Å². The van der Waals surface area contributed by atoms with Crippen LogP contribution in [-0.2, 0) is 5.60 Å². The number of hydrogen-bond acceptors (Lipinski definition) is 4. The van der Waals surface area contributed by atoms with E-state index in [9.17, 15) is 9.90 Å². The highest BCUT2D eigenvalue weighted by molar-refractivity contribution is 5.38. The van der Waals surface area contributed by atoms with Crippen molar-refractivity contribution in [2.24, 2.45) is 0 Å². The first-order valence-electron chi connectivity index (χ1n) is 6.90. The minimum Gasteiger partial charge on any atom is -0.494 e. The van der Waals surface area contributed by atoms with Gasteiger partial charge in [0, 0.05) is 11.8 Å². The van der Waals surface area contributed by atoms with Gasteiger partial charge in [-0.1, -0.05) is 0 Å². The summed E-state index contributed by atoms with van der Waals surface area (Å²) in [5.74, 6) is 0.780. The Kier molecular flexibility index (Phi) is 4.14. The quantitative estimate of drug-likeness (QED) is 0.936. The van der Waals surface area contributed by atoms with E-state index in [2.05, 4.69) is 5.10 Å². The van der Waals surface area contributed by atoms with Crippen LogP contribution >= 0.6 is 0 Å². The van der Waals surface area contributed by atoms with Gasteiger partial charge in [-0.25, -0.2) is 4.68 Å². The van der Waals surface area contributed by atoms with Crippen LogP contribution in [0.1, 0.15) is 32.2 Å². The lowest BCUT2D eigenvalue weighted by Crippen LogP contribution is -2.30.